The number of hydrogen-bond donors (Lipinski definition) is 0. The van der Waals surface area contributed by atoms with Crippen molar-refractivity contribution in [3.05, 3.63) is 54.2 Å². The summed E-state index contributed by atoms with van der Waals surface area (Å²) in [6.07, 6.45) is 1.80. The molecule has 0 saturated carbocycles. The van der Waals surface area contributed by atoms with Crippen LogP contribution in [0.15, 0.2) is 42.6 Å². The molecule has 0 saturated heterocycles. The topological polar surface area (TPSA) is 12.9 Å². The molecule has 0 aliphatic carbocycles. The molecule has 74 valence electrons. The van der Waals surface area contributed by atoms with E-state index in [9.17, 15) is 0 Å². The van der Waals surface area contributed by atoms with Gasteiger partial charge in [-0.25, -0.2) is 0 Å². The number of nitrogens with zero attached hydrogens (tertiary/aromatic N) is 1. The van der Waals surface area contributed by atoms with Crippen LogP contribution in [-0.4, -0.2) is 4.98 Å². The van der Waals surface area contributed by atoms with E-state index in [2.05, 4.69) is 24.0 Å². The molecule has 0 unspecified atom stereocenters. The van der Waals surface area contributed by atoms with Crippen molar-refractivity contribution in [2.45, 2.75) is 6.92 Å². The Morgan fingerprint density at radius 3 is 2.64 bits per heavy atom. The van der Waals surface area contributed by atoms with Crippen LogP contribution in [0.5, 0.6) is 0 Å². The molecule has 2 aromatic rings. The maximum absolute atomic E-state index is 4.28. The molecule has 0 spiro atoms. The average Bonchev–Trinajstić information content (AvgIpc) is 2.20. The fourth-order valence-electron chi connectivity index (χ4n) is 1.31. The third kappa shape index (κ3) is 2.30. The zero-order valence-corrected chi connectivity index (χ0v) is 10.1. The Labute approximate surface area is 98.5 Å². The third-order valence-electron chi connectivity index (χ3n) is 1.99. The summed E-state index contributed by atoms with van der Waals surface area (Å²) in [4.78, 5) is 4.28. The summed E-state index contributed by atoms with van der Waals surface area (Å²) in [5, 5.41) is 0. The van der Waals surface area contributed by atoms with E-state index in [0.717, 1.165) is 11.3 Å². The van der Waals surface area contributed by atoms with Gasteiger partial charge in [0, 0.05) is 27.3 Å². The second-order valence-electron chi connectivity index (χ2n) is 2.94. The summed E-state index contributed by atoms with van der Waals surface area (Å²) in [5.41, 5.74) is 3.28. The van der Waals surface area contributed by atoms with E-state index in [0.29, 0.717) is 0 Å². The van der Waals surface area contributed by atoms with Crippen molar-refractivity contribution in [2.24, 2.45) is 0 Å². The van der Waals surface area contributed by atoms with Crippen molar-refractivity contribution in [3.8, 4) is 11.3 Å². The van der Waals surface area contributed by atoms with Gasteiger partial charge in [0.25, 0.3) is 0 Å². The molecule has 2 heteroatoms. The van der Waals surface area contributed by atoms with Gasteiger partial charge < -0.3 is 4.98 Å². The first-order chi connectivity index (χ1) is 6.38. The van der Waals surface area contributed by atoms with E-state index < -0.39 is 0 Å². The van der Waals surface area contributed by atoms with Gasteiger partial charge in [-0.3, -0.25) is 0 Å². The number of pyridine rings is 1. The van der Waals surface area contributed by atoms with Gasteiger partial charge in [-0.05, 0) is 11.8 Å². The smallest absolute Gasteiger partial charge is 0.0160 e. The second-order valence-corrected chi connectivity index (χ2v) is 2.94. The van der Waals surface area contributed by atoms with Crippen molar-refractivity contribution in [2.75, 3.05) is 0 Å². The first kappa shape index (κ1) is 11.1. The van der Waals surface area contributed by atoms with Gasteiger partial charge in [-0.15, -0.1) is 35.4 Å². The molecule has 0 aliphatic rings. The number of aromatic nitrogens is 1. The van der Waals surface area contributed by atoms with Crippen LogP contribution in [0.1, 0.15) is 5.56 Å². The molecule has 0 N–H and O–H groups in total. The van der Waals surface area contributed by atoms with Gasteiger partial charge in [0.2, 0.25) is 0 Å². The van der Waals surface area contributed by atoms with Crippen LogP contribution in [0.2, 0.25) is 0 Å². The fraction of sp³-hybridized carbons (Fsp3) is 0.0833. The SMILES string of the molecule is Cc1ccc[c-]c1-c1ccccn1.[Pt]. The molecule has 0 amide bonds. The van der Waals surface area contributed by atoms with Gasteiger partial charge in [0.1, 0.15) is 0 Å². The molecule has 1 nitrogen and oxygen atoms in total. The van der Waals surface area contributed by atoms with E-state index >= 15 is 0 Å². The molecule has 1 heterocycles. The molecule has 0 aliphatic heterocycles. The van der Waals surface area contributed by atoms with Crippen molar-refractivity contribution in [1.29, 1.82) is 0 Å². The number of hydrogen-bond acceptors (Lipinski definition) is 1. The number of benzene rings is 1. The van der Waals surface area contributed by atoms with E-state index in [1.54, 1.807) is 6.20 Å². The normalized spacial score (nSPS) is 9.21. The van der Waals surface area contributed by atoms with Crippen LogP contribution in [-0.2, 0) is 21.1 Å². The van der Waals surface area contributed by atoms with Gasteiger partial charge in [0.05, 0.1) is 0 Å². The average molecular weight is 363 g/mol. The molecular formula is C12H10NPt-. The minimum Gasteiger partial charge on any atom is -0.305 e. The molecule has 0 bridgehead atoms. The van der Waals surface area contributed by atoms with Crippen molar-refractivity contribution >= 4 is 0 Å². The molecule has 0 radical (unpaired) electrons. The predicted molar refractivity (Wildman–Crippen MR) is 53.2 cm³/mol. The zero-order valence-electron chi connectivity index (χ0n) is 7.80. The minimum absolute atomic E-state index is 0. The number of rotatable bonds is 1. The maximum atomic E-state index is 4.28. The number of aryl methyl sites for hydroxylation is 1. The fourth-order valence-corrected chi connectivity index (χ4v) is 1.31. The van der Waals surface area contributed by atoms with Crippen LogP contribution in [0, 0.1) is 13.0 Å². The second kappa shape index (κ2) is 5.07. The third-order valence-corrected chi connectivity index (χ3v) is 1.99. The summed E-state index contributed by atoms with van der Waals surface area (Å²) in [7, 11) is 0. The molecule has 0 atom stereocenters. The Morgan fingerprint density at radius 1 is 1.14 bits per heavy atom. The first-order valence-electron chi connectivity index (χ1n) is 4.26. The van der Waals surface area contributed by atoms with Crippen LogP contribution in [0.25, 0.3) is 11.3 Å². The van der Waals surface area contributed by atoms with Crippen LogP contribution in [0.3, 0.4) is 0 Å². The van der Waals surface area contributed by atoms with Crippen LogP contribution in [0.4, 0.5) is 0 Å². The Balaban J connectivity index is 0.000000980. The van der Waals surface area contributed by atoms with Crippen molar-refractivity contribution < 1.29 is 21.1 Å². The molecule has 1 aromatic carbocycles. The van der Waals surface area contributed by atoms with Crippen LogP contribution < -0.4 is 0 Å². The summed E-state index contributed by atoms with van der Waals surface area (Å²) in [5.74, 6) is 0. The van der Waals surface area contributed by atoms with Gasteiger partial charge in [-0.2, -0.15) is 0 Å². The maximum Gasteiger partial charge on any atom is 0.0160 e. The summed E-state index contributed by atoms with van der Waals surface area (Å²) in [6, 6.07) is 15.1. The van der Waals surface area contributed by atoms with E-state index in [-0.39, 0.29) is 21.1 Å². The summed E-state index contributed by atoms with van der Waals surface area (Å²) >= 11 is 0. The van der Waals surface area contributed by atoms with E-state index in [4.69, 9.17) is 0 Å². The molecule has 14 heavy (non-hydrogen) atoms. The van der Waals surface area contributed by atoms with E-state index in [1.165, 1.54) is 5.56 Å². The summed E-state index contributed by atoms with van der Waals surface area (Å²) < 4.78 is 0. The zero-order chi connectivity index (χ0) is 9.10. The largest absolute Gasteiger partial charge is 0.305 e. The monoisotopic (exact) mass is 363 g/mol. The molecule has 2 rings (SSSR count). The molecule has 0 fully saturated rings. The van der Waals surface area contributed by atoms with E-state index in [1.807, 2.05) is 30.3 Å². The van der Waals surface area contributed by atoms with Crippen molar-refractivity contribution in [3.63, 3.8) is 0 Å². The van der Waals surface area contributed by atoms with Crippen LogP contribution >= 0.6 is 0 Å². The first-order valence-corrected chi connectivity index (χ1v) is 4.26. The summed E-state index contributed by atoms with van der Waals surface area (Å²) in [6.45, 7) is 2.07. The van der Waals surface area contributed by atoms with Gasteiger partial charge >= 0.3 is 0 Å². The van der Waals surface area contributed by atoms with Gasteiger partial charge in [-0.1, -0.05) is 19.1 Å². The Kier molecular flexibility index (Phi) is 4.03. The Morgan fingerprint density at radius 2 is 2.00 bits per heavy atom. The quantitative estimate of drug-likeness (QED) is 0.710. The molecular weight excluding hydrogens is 353 g/mol. The Hall–Kier alpha value is -0.942. The Bertz CT molecular complexity index is 398. The standard InChI is InChI=1S/C12H10N.Pt/c1-10-6-2-3-7-11(10)12-8-4-5-9-13-12;/h2-6,8-9H,1H3;/q-1;. The molecule has 1 aromatic heterocycles. The predicted octanol–water partition coefficient (Wildman–Crippen LogP) is 2.85. The van der Waals surface area contributed by atoms with Gasteiger partial charge in [0.15, 0.2) is 0 Å². The minimum atomic E-state index is 0. The van der Waals surface area contributed by atoms with Crippen molar-refractivity contribution in [1.82, 2.24) is 4.98 Å².